The molecule has 1 fully saturated rings. The van der Waals surface area contributed by atoms with Crippen LogP contribution in [0.15, 0.2) is 0 Å². The summed E-state index contributed by atoms with van der Waals surface area (Å²) >= 11 is 0. The highest BCUT2D eigenvalue weighted by Gasteiger charge is 2.32. The molecule has 0 aliphatic heterocycles. The molecule has 4 heteroatoms. The maximum absolute atomic E-state index is 11.2. The zero-order chi connectivity index (χ0) is 12.1. The molecule has 0 saturated heterocycles. The second kappa shape index (κ2) is 5.87. The normalized spacial score (nSPS) is 21.3. The van der Waals surface area contributed by atoms with Gasteiger partial charge in [0.2, 0.25) is 0 Å². The van der Waals surface area contributed by atoms with Crippen LogP contribution in [0.4, 0.5) is 0 Å². The molecule has 2 unspecified atom stereocenters. The number of carboxylic acids is 2. The van der Waals surface area contributed by atoms with Gasteiger partial charge >= 0.3 is 11.9 Å². The maximum atomic E-state index is 11.2. The van der Waals surface area contributed by atoms with Crippen molar-refractivity contribution in [3.05, 3.63) is 0 Å². The quantitative estimate of drug-likeness (QED) is 0.757. The highest BCUT2D eigenvalue weighted by Crippen LogP contribution is 2.33. The molecule has 0 amide bonds. The van der Waals surface area contributed by atoms with Gasteiger partial charge in [0.15, 0.2) is 0 Å². The maximum Gasteiger partial charge on any atom is 0.306 e. The van der Waals surface area contributed by atoms with E-state index in [0.717, 1.165) is 25.7 Å². The van der Waals surface area contributed by atoms with Crippen LogP contribution in [0.2, 0.25) is 0 Å². The molecule has 0 heterocycles. The Labute approximate surface area is 95.7 Å². The van der Waals surface area contributed by atoms with Gasteiger partial charge in [-0.2, -0.15) is 0 Å². The second-order valence-corrected chi connectivity index (χ2v) is 4.82. The predicted octanol–water partition coefficient (Wildman–Crippen LogP) is 2.38. The van der Waals surface area contributed by atoms with Gasteiger partial charge in [-0.15, -0.1) is 0 Å². The molecule has 0 aromatic rings. The van der Waals surface area contributed by atoms with Crippen LogP contribution >= 0.6 is 0 Å². The van der Waals surface area contributed by atoms with Crippen LogP contribution in [0.5, 0.6) is 0 Å². The van der Waals surface area contributed by atoms with Crippen molar-refractivity contribution in [1.29, 1.82) is 0 Å². The Bertz CT molecular complexity index is 256. The van der Waals surface area contributed by atoms with Gasteiger partial charge in [-0.05, 0) is 25.2 Å². The summed E-state index contributed by atoms with van der Waals surface area (Å²) in [4.78, 5) is 21.9. The van der Waals surface area contributed by atoms with Crippen molar-refractivity contribution in [2.45, 2.75) is 45.4 Å². The zero-order valence-electron chi connectivity index (χ0n) is 9.69. The first-order chi connectivity index (χ1) is 7.52. The van der Waals surface area contributed by atoms with Crippen molar-refractivity contribution in [1.82, 2.24) is 0 Å². The van der Waals surface area contributed by atoms with E-state index in [0.29, 0.717) is 0 Å². The number of hydrogen-bond donors (Lipinski definition) is 2. The molecule has 4 nitrogen and oxygen atoms in total. The van der Waals surface area contributed by atoms with Gasteiger partial charge in [-0.25, -0.2) is 0 Å². The number of hydrogen-bond acceptors (Lipinski definition) is 2. The molecule has 16 heavy (non-hydrogen) atoms. The summed E-state index contributed by atoms with van der Waals surface area (Å²) in [6, 6.07) is 0. The molecule has 2 atom stereocenters. The van der Waals surface area contributed by atoms with Gasteiger partial charge in [0.1, 0.15) is 0 Å². The largest absolute Gasteiger partial charge is 0.481 e. The predicted molar refractivity (Wildman–Crippen MR) is 59.1 cm³/mol. The SMILES string of the molecule is CC(CC(C(=O)O)C1CCCCC1)C(=O)O. The van der Waals surface area contributed by atoms with Gasteiger partial charge in [0, 0.05) is 0 Å². The van der Waals surface area contributed by atoms with Crippen LogP contribution in [-0.2, 0) is 9.59 Å². The molecule has 0 aromatic carbocycles. The van der Waals surface area contributed by atoms with Gasteiger partial charge in [-0.1, -0.05) is 26.2 Å². The summed E-state index contributed by atoms with van der Waals surface area (Å²) in [5, 5.41) is 18.0. The Morgan fingerprint density at radius 2 is 1.69 bits per heavy atom. The standard InChI is InChI=1S/C12H20O4/c1-8(11(13)14)7-10(12(15)16)9-5-3-2-4-6-9/h8-10H,2-7H2,1H3,(H,13,14)(H,15,16). The fraction of sp³-hybridized carbons (Fsp3) is 0.833. The lowest BCUT2D eigenvalue weighted by Crippen LogP contribution is -2.29. The Hall–Kier alpha value is -1.06. The average Bonchev–Trinajstić information content (AvgIpc) is 2.26. The lowest BCUT2D eigenvalue weighted by atomic mass is 9.76. The molecule has 1 rings (SSSR count). The summed E-state index contributed by atoms with van der Waals surface area (Å²) in [7, 11) is 0. The number of rotatable bonds is 5. The lowest BCUT2D eigenvalue weighted by Gasteiger charge is -2.28. The van der Waals surface area contributed by atoms with Crippen molar-refractivity contribution in [2.75, 3.05) is 0 Å². The van der Waals surface area contributed by atoms with E-state index in [1.807, 2.05) is 0 Å². The van der Waals surface area contributed by atoms with Crippen LogP contribution in [0.1, 0.15) is 45.4 Å². The molecular weight excluding hydrogens is 208 g/mol. The smallest absolute Gasteiger partial charge is 0.306 e. The minimum atomic E-state index is -0.901. The molecule has 0 spiro atoms. The summed E-state index contributed by atoms with van der Waals surface area (Å²) in [5.74, 6) is -2.61. The van der Waals surface area contributed by atoms with Crippen molar-refractivity contribution in [3.63, 3.8) is 0 Å². The minimum absolute atomic E-state index is 0.174. The minimum Gasteiger partial charge on any atom is -0.481 e. The van der Waals surface area contributed by atoms with Crippen LogP contribution in [0.3, 0.4) is 0 Å². The molecular formula is C12H20O4. The van der Waals surface area contributed by atoms with E-state index in [1.54, 1.807) is 6.92 Å². The van der Waals surface area contributed by atoms with E-state index in [9.17, 15) is 9.59 Å². The molecule has 2 N–H and O–H groups in total. The third-order valence-corrected chi connectivity index (χ3v) is 3.57. The molecule has 0 radical (unpaired) electrons. The topological polar surface area (TPSA) is 74.6 Å². The highest BCUT2D eigenvalue weighted by atomic mass is 16.4. The van der Waals surface area contributed by atoms with Gasteiger partial charge in [0.25, 0.3) is 0 Å². The number of carboxylic acid groups (broad SMARTS) is 2. The van der Waals surface area contributed by atoms with E-state index < -0.39 is 23.8 Å². The first kappa shape index (κ1) is 13.0. The Balaban J connectivity index is 2.59. The summed E-state index contributed by atoms with van der Waals surface area (Å²) in [6.45, 7) is 1.58. The average molecular weight is 228 g/mol. The third-order valence-electron chi connectivity index (χ3n) is 3.57. The molecule has 0 aromatic heterocycles. The first-order valence-corrected chi connectivity index (χ1v) is 5.98. The van der Waals surface area contributed by atoms with Crippen molar-refractivity contribution in [3.8, 4) is 0 Å². The van der Waals surface area contributed by atoms with Gasteiger partial charge in [-0.3, -0.25) is 9.59 Å². The molecule has 1 aliphatic rings. The fourth-order valence-electron chi connectivity index (χ4n) is 2.51. The van der Waals surface area contributed by atoms with Gasteiger partial charge < -0.3 is 10.2 Å². The second-order valence-electron chi connectivity index (χ2n) is 4.82. The molecule has 92 valence electrons. The van der Waals surface area contributed by atoms with E-state index in [2.05, 4.69) is 0 Å². The molecule has 0 bridgehead atoms. The highest BCUT2D eigenvalue weighted by molar-refractivity contribution is 5.73. The fourth-order valence-corrected chi connectivity index (χ4v) is 2.51. The Morgan fingerprint density at radius 3 is 2.12 bits per heavy atom. The molecule has 1 aliphatic carbocycles. The van der Waals surface area contributed by atoms with Crippen molar-refractivity contribution in [2.24, 2.45) is 17.8 Å². The third kappa shape index (κ3) is 3.51. The van der Waals surface area contributed by atoms with Crippen LogP contribution in [0, 0.1) is 17.8 Å². The first-order valence-electron chi connectivity index (χ1n) is 5.98. The van der Waals surface area contributed by atoms with Crippen LogP contribution in [-0.4, -0.2) is 22.2 Å². The van der Waals surface area contributed by atoms with Gasteiger partial charge in [0.05, 0.1) is 11.8 Å². The van der Waals surface area contributed by atoms with E-state index in [1.165, 1.54) is 6.42 Å². The molecule has 1 saturated carbocycles. The van der Waals surface area contributed by atoms with E-state index in [-0.39, 0.29) is 12.3 Å². The van der Waals surface area contributed by atoms with Crippen molar-refractivity contribution < 1.29 is 19.8 Å². The number of aliphatic carboxylic acids is 2. The Kier molecular flexibility index (Phi) is 4.77. The Morgan fingerprint density at radius 1 is 1.12 bits per heavy atom. The zero-order valence-corrected chi connectivity index (χ0v) is 9.69. The monoisotopic (exact) mass is 228 g/mol. The lowest BCUT2D eigenvalue weighted by molar-refractivity contribution is -0.147. The van der Waals surface area contributed by atoms with Crippen LogP contribution < -0.4 is 0 Å². The number of carbonyl (C=O) groups is 2. The summed E-state index contributed by atoms with van der Waals surface area (Å²) < 4.78 is 0. The van der Waals surface area contributed by atoms with Crippen molar-refractivity contribution >= 4 is 11.9 Å². The van der Waals surface area contributed by atoms with Crippen LogP contribution in [0.25, 0.3) is 0 Å². The van der Waals surface area contributed by atoms with E-state index >= 15 is 0 Å². The van der Waals surface area contributed by atoms with E-state index in [4.69, 9.17) is 10.2 Å². The summed E-state index contributed by atoms with van der Waals surface area (Å²) in [6.07, 6.45) is 5.46. The summed E-state index contributed by atoms with van der Waals surface area (Å²) in [5.41, 5.74) is 0.